The number of rotatable bonds is 11. The molecular weight excluding hydrogens is 534 g/mol. The summed E-state index contributed by atoms with van der Waals surface area (Å²) in [6.07, 6.45) is 3.60. The molecular formula is C33H39N3O6. The van der Waals surface area contributed by atoms with Gasteiger partial charge >= 0.3 is 0 Å². The number of hydrogen-bond acceptors (Lipinski definition) is 7. The Balaban J connectivity index is 1.60. The third-order valence-electron chi connectivity index (χ3n) is 8.28. The van der Waals surface area contributed by atoms with Crippen LogP contribution in [0.1, 0.15) is 64.7 Å². The van der Waals surface area contributed by atoms with E-state index in [-0.39, 0.29) is 37.1 Å². The number of benzene rings is 3. The summed E-state index contributed by atoms with van der Waals surface area (Å²) in [6.45, 7) is 0.628. The molecule has 1 heterocycles. The maximum absolute atomic E-state index is 14.4. The molecule has 3 aromatic rings. The Morgan fingerprint density at radius 2 is 1.71 bits per heavy atom. The van der Waals surface area contributed by atoms with Gasteiger partial charge in [-0.25, -0.2) is 5.48 Å². The number of aliphatic hydroxyl groups excluding tert-OH is 1. The van der Waals surface area contributed by atoms with E-state index in [1.54, 1.807) is 26.4 Å². The number of carbonyl (C=O) groups excluding carboxylic acids is 2. The largest absolute Gasteiger partial charge is 0.497 e. The number of nitrogens with zero attached hydrogens (tertiary/aromatic N) is 1. The van der Waals surface area contributed by atoms with Crippen molar-refractivity contribution in [2.24, 2.45) is 0 Å². The van der Waals surface area contributed by atoms with E-state index in [1.807, 2.05) is 65.6 Å². The smallest absolute Gasteiger partial charge is 0.255 e. The number of fused-ring (bicyclic) bond motifs is 1. The maximum Gasteiger partial charge on any atom is 0.255 e. The summed E-state index contributed by atoms with van der Waals surface area (Å²) in [7, 11) is 3.16. The molecule has 2 unspecified atom stereocenters. The van der Waals surface area contributed by atoms with Crippen LogP contribution in [-0.4, -0.2) is 61.3 Å². The number of nitrogens with one attached hydrogen (secondary N) is 2. The molecule has 0 saturated heterocycles. The average molecular weight is 574 g/mol. The van der Waals surface area contributed by atoms with Crippen LogP contribution in [-0.2, 0) is 16.2 Å². The standard InChI is InChI=1S/C33H39N3O6/c1-40-23-16-17-26(29(20-23)41-2)31-30(32(38)35-42-21-22-10-4-3-5-11-22)24-12-6-7-13-25(24)33(39)36(31)28-15-9-8-14-27(28)34-18-19-37/h3-7,10-13,16-17,20,27-28,30-31,34,37H,8-9,14-15,18-19,21H2,1-2H3,(H,35,38)/t27?,28-,30+,31?/m0/s1. The first-order chi connectivity index (χ1) is 20.6. The molecule has 3 aromatic carbocycles. The number of aliphatic hydroxyl groups is 1. The van der Waals surface area contributed by atoms with Crippen molar-refractivity contribution in [2.45, 2.75) is 56.3 Å². The Labute approximate surface area is 246 Å². The van der Waals surface area contributed by atoms with E-state index in [1.165, 1.54) is 0 Å². The van der Waals surface area contributed by atoms with E-state index in [2.05, 4.69) is 10.8 Å². The highest BCUT2D eigenvalue weighted by molar-refractivity contribution is 6.01. The molecule has 1 saturated carbocycles. The van der Waals surface area contributed by atoms with Crippen LogP contribution in [0.3, 0.4) is 0 Å². The quantitative estimate of drug-likeness (QED) is 0.296. The second kappa shape index (κ2) is 13.8. The van der Waals surface area contributed by atoms with Crippen LogP contribution >= 0.6 is 0 Å². The van der Waals surface area contributed by atoms with Gasteiger partial charge in [0.1, 0.15) is 11.5 Å². The number of carbonyl (C=O) groups is 2. The van der Waals surface area contributed by atoms with Crippen LogP contribution in [0.2, 0.25) is 0 Å². The molecule has 5 rings (SSSR count). The Bertz CT molecular complexity index is 1370. The van der Waals surface area contributed by atoms with Crippen LogP contribution in [0.5, 0.6) is 11.5 Å². The normalized spacial score (nSPS) is 21.9. The van der Waals surface area contributed by atoms with Crippen molar-refractivity contribution < 1.29 is 29.0 Å². The molecule has 2 aliphatic rings. The predicted octanol–water partition coefficient (Wildman–Crippen LogP) is 4.13. The SMILES string of the molecule is COc1ccc(C2[C@H](C(=O)NOCc3ccccc3)c3ccccc3C(=O)N2[C@H]2CCCCC2NCCO)c(OC)c1. The van der Waals surface area contributed by atoms with Gasteiger partial charge < -0.3 is 24.8 Å². The number of amides is 2. The Morgan fingerprint density at radius 3 is 2.48 bits per heavy atom. The van der Waals surface area contributed by atoms with Crippen molar-refractivity contribution in [1.29, 1.82) is 0 Å². The van der Waals surface area contributed by atoms with Gasteiger partial charge in [0, 0.05) is 35.8 Å². The lowest BCUT2D eigenvalue weighted by Crippen LogP contribution is -2.58. The zero-order chi connectivity index (χ0) is 29.5. The van der Waals surface area contributed by atoms with Crippen molar-refractivity contribution >= 4 is 11.8 Å². The van der Waals surface area contributed by atoms with Gasteiger partial charge in [0.2, 0.25) is 0 Å². The highest BCUT2D eigenvalue weighted by atomic mass is 16.6. The first kappa shape index (κ1) is 29.6. The Kier molecular flexibility index (Phi) is 9.74. The second-order valence-corrected chi connectivity index (χ2v) is 10.7. The van der Waals surface area contributed by atoms with E-state index < -0.39 is 12.0 Å². The minimum atomic E-state index is -0.780. The highest BCUT2D eigenvalue weighted by Crippen LogP contribution is 2.48. The number of hydrogen-bond donors (Lipinski definition) is 3. The molecule has 0 aromatic heterocycles. The monoisotopic (exact) mass is 573 g/mol. The molecule has 0 bridgehead atoms. The summed E-state index contributed by atoms with van der Waals surface area (Å²) in [5.41, 5.74) is 5.46. The molecule has 4 atom stereocenters. The molecule has 222 valence electrons. The first-order valence-corrected chi connectivity index (χ1v) is 14.5. The lowest BCUT2D eigenvalue weighted by molar-refractivity contribution is -0.138. The molecule has 2 amide bonds. The Hall–Kier alpha value is -3.92. The van der Waals surface area contributed by atoms with Crippen molar-refractivity contribution in [3.8, 4) is 11.5 Å². The summed E-state index contributed by atoms with van der Waals surface area (Å²) in [5, 5.41) is 13.0. The van der Waals surface area contributed by atoms with Gasteiger partial charge in [-0.05, 0) is 42.2 Å². The van der Waals surface area contributed by atoms with Crippen molar-refractivity contribution in [1.82, 2.24) is 15.7 Å². The third-order valence-corrected chi connectivity index (χ3v) is 8.28. The highest BCUT2D eigenvalue weighted by Gasteiger charge is 2.49. The molecule has 9 heteroatoms. The van der Waals surface area contributed by atoms with Crippen LogP contribution in [0.25, 0.3) is 0 Å². The zero-order valence-electron chi connectivity index (χ0n) is 24.1. The number of hydroxylamine groups is 1. The van der Waals surface area contributed by atoms with Gasteiger partial charge in [-0.15, -0.1) is 0 Å². The Morgan fingerprint density at radius 1 is 0.952 bits per heavy atom. The van der Waals surface area contributed by atoms with Gasteiger partial charge in [-0.3, -0.25) is 14.4 Å². The average Bonchev–Trinajstić information content (AvgIpc) is 3.04. The topological polar surface area (TPSA) is 109 Å². The molecule has 1 fully saturated rings. The van der Waals surface area contributed by atoms with Crippen LogP contribution in [0.15, 0.2) is 72.8 Å². The molecule has 42 heavy (non-hydrogen) atoms. The predicted molar refractivity (Wildman–Crippen MR) is 158 cm³/mol. The third kappa shape index (κ3) is 6.13. The van der Waals surface area contributed by atoms with Crippen LogP contribution in [0.4, 0.5) is 0 Å². The summed E-state index contributed by atoms with van der Waals surface area (Å²) in [4.78, 5) is 36.2. The van der Waals surface area contributed by atoms with E-state index in [0.717, 1.165) is 31.2 Å². The van der Waals surface area contributed by atoms with Crippen molar-refractivity contribution in [2.75, 3.05) is 27.4 Å². The molecule has 0 radical (unpaired) electrons. The van der Waals surface area contributed by atoms with Crippen molar-refractivity contribution in [3.05, 3.63) is 95.1 Å². The number of methoxy groups -OCH3 is 2. The van der Waals surface area contributed by atoms with Gasteiger partial charge in [-0.1, -0.05) is 61.4 Å². The fourth-order valence-corrected chi connectivity index (χ4v) is 6.35. The molecule has 3 N–H and O–H groups in total. The number of ether oxygens (including phenoxy) is 2. The fraction of sp³-hybridized carbons (Fsp3) is 0.394. The zero-order valence-corrected chi connectivity index (χ0v) is 24.1. The van der Waals surface area contributed by atoms with Gasteiger partial charge in [-0.2, -0.15) is 0 Å². The summed E-state index contributed by atoms with van der Waals surface area (Å²) < 4.78 is 11.3. The van der Waals surface area contributed by atoms with Crippen molar-refractivity contribution in [3.63, 3.8) is 0 Å². The van der Waals surface area contributed by atoms with Gasteiger partial charge in [0.15, 0.2) is 0 Å². The lowest BCUT2D eigenvalue weighted by atomic mass is 9.76. The maximum atomic E-state index is 14.4. The van der Waals surface area contributed by atoms with E-state index >= 15 is 0 Å². The lowest BCUT2D eigenvalue weighted by Gasteiger charge is -2.49. The fourth-order valence-electron chi connectivity index (χ4n) is 6.35. The first-order valence-electron chi connectivity index (χ1n) is 14.5. The summed E-state index contributed by atoms with van der Waals surface area (Å²) in [6, 6.07) is 21.5. The van der Waals surface area contributed by atoms with E-state index in [9.17, 15) is 14.7 Å². The molecule has 1 aliphatic carbocycles. The second-order valence-electron chi connectivity index (χ2n) is 10.7. The molecule has 0 spiro atoms. The summed E-state index contributed by atoms with van der Waals surface area (Å²) >= 11 is 0. The minimum absolute atomic E-state index is 0.000481. The van der Waals surface area contributed by atoms with Crippen LogP contribution < -0.4 is 20.3 Å². The molecule has 9 nitrogen and oxygen atoms in total. The van der Waals surface area contributed by atoms with E-state index in [4.69, 9.17) is 14.3 Å². The van der Waals surface area contributed by atoms with Gasteiger partial charge in [0.25, 0.3) is 11.8 Å². The van der Waals surface area contributed by atoms with Gasteiger partial charge in [0.05, 0.1) is 39.4 Å². The molecule has 1 aliphatic heterocycles. The summed E-state index contributed by atoms with van der Waals surface area (Å²) in [5.74, 6) is -0.135. The van der Waals surface area contributed by atoms with E-state index in [0.29, 0.717) is 34.7 Å². The van der Waals surface area contributed by atoms with Crippen LogP contribution in [0, 0.1) is 0 Å². The minimum Gasteiger partial charge on any atom is -0.497 e.